The molecule has 0 radical (unpaired) electrons. The molecule has 1 unspecified atom stereocenters. The normalized spacial score (nSPS) is 17.3. The largest absolute Gasteiger partial charge is 0.444 e. The van der Waals surface area contributed by atoms with Gasteiger partial charge in [0.25, 0.3) is 5.88 Å². The first-order valence-corrected chi connectivity index (χ1v) is 15.8. The number of ether oxygens (including phenoxy) is 3. The van der Waals surface area contributed by atoms with Crippen molar-refractivity contribution in [3.8, 4) is 11.6 Å². The number of carbonyl (C=O) groups excluding carboxylic acids is 1. The molecule has 2 fully saturated rings. The Labute approximate surface area is 267 Å². The van der Waals surface area contributed by atoms with Gasteiger partial charge in [-0.1, -0.05) is 18.2 Å². The van der Waals surface area contributed by atoms with Crippen molar-refractivity contribution in [1.82, 2.24) is 29.4 Å². The lowest BCUT2D eigenvalue weighted by molar-refractivity contribution is -0.0298. The van der Waals surface area contributed by atoms with E-state index in [9.17, 15) is 4.79 Å². The second kappa shape index (κ2) is 12.4. The van der Waals surface area contributed by atoms with Crippen molar-refractivity contribution in [1.29, 1.82) is 0 Å². The minimum atomic E-state index is -0.523. The van der Waals surface area contributed by atoms with Gasteiger partial charge in [-0.3, -0.25) is 9.55 Å². The van der Waals surface area contributed by atoms with Crippen LogP contribution in [0.2, 0.25) is 0 Å². The van der Waals surface area contributed by atoms with Crippen LogP contribution in [0, 0.1) is 0 Å². The molecule has 7 rings (SSSR count). The van der Waals surface area contributed by atoms with Gasteiger partial charge >= 0.3 is 6.09 Å². The highest BCUT2D eigenvalue weighted by Gasteiger charge is 2.27. The van der Waals surface area contributed by atoms with E-state index in [1.807, 2.05) is 80.1 Å². The number of amides is 1. The van der Waals surface area contributed by atoms with E-state index >= 15 is 0 Å². The molecule has 2 saturated heterocycles. The van der Waals surface area contributed by atoms with E-state index in [-0.39, 0.29) is 12.3 Å². The maximum absolute atomic E-state index is 12.6. The van der Waals surface area contributed by atoms with Gasteiger partial charge in [0.2, 0.25) is 5.95 Å². The molecule has 2 aliphatic heterocycles. The van der Waals surface area contributed by atoms with Crippen LogP contribution in [0.5, 0.6) is 11.6 Å². The molecule has 2 aromatic carbocycles. The van der Waals surface area contributed by atoms with E-state index in [1.165, 1.54) is 0 Å². The van der Waals surface area contributed by atoms with Gasteiger partial charge in [0, 0.05) is 55.7 Å². The molecule has 1 N–H and O–H groups in total. The average Bonchev–Trinajstić information content (AvgIpc) is 3.49. The Morgan fingerprint density at radius 3 is 2.57 bits per heavy atom. The second-order valence-corrected chi connectivity index (χ2v) is 12.6. The molecule has 3 aromatic heterocycles. The molecular weight excluding hydrogens is 584 g/mol. The van der Waals surface area contributed by atoms with Crippen LogP contribution in [-0.2, 0) is 9.47 Å². The van der Waals surface area contributed by atoms with Crippen LogP contribution >= 0.6 is 0 Å². The fourth-order valence-electron chi connectivity index (χ4n) is 5.84. The Kier molecular flexibility index (Phi) is 8.03. The summed E-state index contributed by atoms with van der Waals surface area (Å²) in [5, 5.41) is 4.40. The minimum Gasteiger partial charge on any atom is -0.444 e. The molecule has 238 valence electrons. The van der Waals surface area contributed by atoms with Crippen LogP contribution < -0.4 is 15.0 Å². The van der Waals surface area contributed by atoms with Gasteiger partial charge in [-0.2, -0.15) is 9.97 Å². The Balaban J connectivity index is 1.18. The van der Waals surface area contributed by atoms with Crippen LogP contribution in [0.25, 0.3) is 22.1 Å². The van der Waals surface area contributed by atoms with E-state index in [1.54, 1.807) is 11.2 Å². The zero-order valence-corrected chi connectivity index (χ0v) is 26.3. The quantitative estimate of drug-likeness (QED) is 0.220. The highest BCUT2D eigenvalue weighted by Crippen LogP contribution is 2.34. The van der Waals surface area contributed by atoms with Crippen LogP contribution in [0.1, 0.15) is 46.3 Å². The molecule has 0 bridgehead atoms. The lowest BCUT2D eigenvalue weighted by Gasteiger charge is -2.37. The first kappa shape index (κ1) is 29.7. The molecule has 12 nitrogen and oxygen atoms in total. The molecular formula is C34H38N8O4. The smallest absolute Gasteiger partial charge is 0.410 e. The zero-order valence-electron chi connectivity index (χ0n) is 26.3. The molecule has 1 atom stereocenters. The van der Waals surface area contributed by atoms with E-state index in [2.05, 4.69) is 26.3 Å². The van der Waals surface area contributed by atoms with Crippen LogP contribution in [0.3, 0.4) is 0 Å². The van der Waals surface area contributed by atoms with Crippen molar-refractivity contribution in [3.05, 3.63) is 67.1 Å². The molecule has 5 aromatic rings. The number of aromatic nitrogens is 5. The number of para-hydroxylation sites is 1. The highest BCUT2D eigenvalue weighted by molar-refractivity contribution is 5.94. The van der Waals surface area contributed by atoms with Crippen molar-refractivity contribution < 1.29 is 19.0 Å². The molecule has 5 heterocycles. The van der Waals surface area contributed by atoms with E-state index in [0.717, 1.165) is 41.5 Å². The summed E-state index contributed by atoms with van der Waals surface area (Å²) < 4.78 is 19.9. The SMILES string of the molecule is CC(C)(C)OC(=O)N1CCN(c2ccnc3ccc(Nc4nc(Oc5ccccc5)c5ncn(C6CCCCO6)c5n4)cc23)CC1. The van der Waals surface area contributed by atoms with Gasteiger partial charge < -0.3 is 29.3 Å². The lowest BCUT2D eigenvalue weighted by Crippen LogP contribution is -2.50. The van der Waals surface area contributed by atoms with E-state index in [4.69, 9.17) is 24.2 Å². The molecule has 0 saturated carbocycles. The lowest BCUT2D eigenvalue weighted by atomic mass is 10.1. The number of pyridine rings is 1. The van der Waals surface area contributed by atoms with Gasteiger partial charge in [-0.05, 0) is 76.4 Å². The average molecular weight is 623 g/mol. The van der Waals surface area contributed by atoms with Crippen LogP contribution in [-0.4, -0.2) is 73.9 Å². The van der Waals surface area contributed by atoms with E-state index < -0.39 is 5.60 Å². The Morgan fingerprint density at radius 1 is 0.978 bits per heavy atom. The van der Waals surface area contributed by atoms with Crippen molar-refractivity contribution >= 4 is 45.5 Å². The van der Waals surface area contributed by atoms with Crippen molar-refractivity contribution in [2.24, 2.45) is 0 Å². The Morgan fingerprint density at radius 2 is 1.80 bits per heavy atom. The predicted octanol–water partition coefficient (Wildman–Crippen LogP) is 6.67. The van der Waals surface area contributed by atoms with Crippen LogP contribution in [0.4, 0.5) is 22.1 Å². The zero-order chi connectivity index (χ0) is 31.7. The minimum absolute atomic E-state index is 0.142. The predicted molar refractivity (Wildman–Crippen MR) is 176 cm³/mol. The summed E-state index contributed by atoms with van der Waals surface area (Å²) in [7, 11) is 0. The highest BCUT2D eigenvalue weighted by atomic mass is 16.6. The fraction of sp³-hybridized carbons (Fsp3) is 0.382. The summed E-state index contributed by atoms with van der Waals surface area (Å²) in [4.78, 5) is 35.6. The van der Waals surface area contributed by atoms with Crippen molar-refractivity contribution in [2.45, 2.75) is 51.9 Å². The number of fused-ring (bicyclic) bond motifs is 2. The molecule has 0 spiro atoms. The van der Waals surface area contributed by atoms with Crippen LogP contribution in [0.15, 0.2) is 67.1 Å². The molecule has 2 aliphatic rings. The summed E-state index contributed by atoms with van der Waals surface area (Å²) in [6.07, 6.45) is 6.18. The first-order chi connectivity index (χ1) is 22.3. The van der Waals surface area contributed by atoms with Crippen molar-refractivity contribution in [3.63, 3.8) is 0 Å². The second-order valence-electron chi connectivity index (χ2n) is 12.6. The Hall–Kier alpha value is -4.97. The fourth-order valence-corrected chi connectivity index (χ4v) is 5.84. The third-order valence-corrected chi connectivity index (χ3v) is 8.06. The third-order valence-electron chi connectivity index (χ3n) is 8.06. The molecule has 12 heteroatoms. The standard InChI is InChI=1S/C34H38N8O4/c1-34(2,3)46-33(43)41-18-16-40(17-19-41)27-14-15-35-26-13-12-23(21-25(26)27)37-32-38-30-29(31(39-32)45-24-9-5-4-6-10-24)36-22-42(30)28-11-7-8-20-44-28/h4-6,9-10,12-15,21-22,28H,7-8,11,16-20H2,1-3H3,(H,37,38,39). The maximum Gasteiger partial charge on any atom is 0.410 e. The molecule has 0 aliphatic carbocycles. The number of benzene rings is 2. The van der Waals surface area contributed by atoms with Gasteiger partial charge in [0.15, 0.2) is 11.2 Å². The number of hydrogen-bond donors (Lipinski definition) is 1. The number of carbonyl (C=O) groups is 1. The number of anilines is 3. The number of nitrogens with zero attached hydrogens (tertiary/aromatic N) is 7. The van der Waals surface area contributed by atoms with Gasteiger partial charge in [0.1, 0.15) is 17.6 Å². The van der Waals surface area contributed by atoms with Crippen molar-refractivity contribution in [2.75, 3.05) is 43.0 Å². The maximum atomic E-state index is 12.6. The van der Waals surface area contributed by atoms with E-state index in [0.29, 0.717) is 61.5 Å². The third kappa shape index (κ3) is 6.38. The summed E-state index contributed by atoms with van der Waals surface area (Å²) in [6, 6.07) is 17.6. The Bertz CT molecular complexity index is 1840. The number of piperazine rings is 1. The summed E-state index contributed by atoms with van der Waals surface area (Å²) >= 11 is 0. The number of imidazole rings is 1. The van der Waals surface area contributed by atoms with Gasteiger partial charge in [-0.25, -0.2) is 9.78 Å². The molecule has 1 amide bonds. The van der Waals surface area contributed by atoms with Gasteiger partial charge in [0.05, 0.1) is 11.8 Å². The monoisotopic (exact) mass is 622 g/mol. The van der Waals surface area contributed by atoms with Gasteiger partial charge in [-0.15, -0.1) is 0 Å². The topological polar surface area (TPSA) is 120 Å². The number of rotatable bonds is 6. The number of nitrogens with one attached hydrogen (secondary N) is 1. The molecule has 46 heavy (non-hydrogen) atoms. The summed E-state index contributed by atoms with van der Waals surface area (Å²) in [5.41, 5.74) is 3.41. The summed E-state index contributed by atoms with van der Waals surface area (Å²) in [6.45, 7) is 8.88. The first-order valence-electron chi connectivity index (χ1n) is 15.8. The number of hydrogen-bond acceptors (Lipinski definition) is 10. The summed E-state index contributed by atoms with van der Waals surface area (Å²) in [5.74, 6) is 1.40.